The van der Waals surface area contributed by atoms with Crippen LogP contribution in [0, 0.1) is 0 Å². The minimum Gasteiger partial charge on any atom is -0.495 e. The highest BCUT2D eigenvalue weighted by Crippen LogP contribution is 2.37. The molecule has 0 saturated heterocycles. The van der Waals surface area contributed by atoms with E-state index >= 15 is 0 Å². The van der Waals surface area contributed by atoms with Gasteiger partial charge in [-0.1, -0.05) is 29.3 Å². The van der Waals surface area contributed by atoms with Crippen LogP contribution in [0.1, 0.15) is 16.1 Å². The number of benzene rings is 1. The molecule has 9 heteroatoms. The molecule has 0 aliphatic carbocycles. The smallest absolute Gasteiger partial charge is 0.416 e. The summed E-state index contributed by atoms with van der Waals surface area (Å²) in [6, 6.07) is 4.16. The Balaban J connectivity index is 2.62. The van der Waals surface area contributed by atoms with Gasteiger partial charge in [0.1, 0.15) is 10.8 Å². The van der Waals surface area contributed by atoms with Crippen LogP contribution >= 0.6 is 23.2 Å². The van der Waals surface area contributed by atoms with E-state index in [1.807, 2.05) is 0 Å². The fourth-order valence-electron chi connectivity index (χ4n) is 1.92. The maximum Gasteiger partial charge on any atom is 0.416 e. The van der Waals surface area contributed by atoms with Crippen molar-refractivity contribution in [3.8, 4) is 17.0 Å². The molecule has 2 rings (SSSR count). The quantitative estimate of drug-likeness (QED) is 0.713. The molecule has 0 fully saturated rings. The first-order valence-electron chi connectivity index (χ1n) is 6.39. The van der Waals surface area contributed by atoms with Crippen molar-refractivity contribution in [2.75, 3.05) is 14.2 Å². The zero-order valence-electron chi connectivity index (χ0n) is 12.4. The maximum atomic E-state index is 12.7. The standard InChI is InChI=1S/C15H10Cl2F3NO3/c1-23-11-6-10(21-13(12(11)17)14(22)24-2)8-4-3-7(5-9(8)16)15(18,19)20/h3-6H,1-2H3. The average Bonchev–Trinajstić information content (AvgIpc) is 2.53. The van der Waals surface area contributed by atoms with Crippen molar-refractivity contribution in [3.63, 3.8) is 0 Å². The molecule has 1 aromatic carbocycles. The molecule has 0 amide bonds. The Morgan fingerprint density at radius 3 is 2.33 bits per heavy atom. The fraction of sp³-hybridized carbons (Fsp3) is 0.200. The first kappa shape index (κ1) is 18.4. The highest BCUT2D eigenvalue weighted by Gasteiger charge is 2.31. The Morgan fingerprint density at radius 2 is 1.83 bits per heavy atom. The Labute approximate surface area is 145 Å². The van der Waals surface area contributed by atoms with E-state index in [2.05, 4.69) is 9.72 Å². The van der Waals surface area contributed by atoms with E-state index < -0.39 is 17.7 Å². The molecule has 0 aliphatic rings. The van der Waals surface area contributed by atoms with Gasteiger partial charge in [-0.15, -0.1) is 0 Å². The Bertz CT molecular complexity index is 794. The predicted molar refractivity (Wildman–Crippen MR) is 82.6 cm³/mol. The third kappa shape index (κ3) is 3.57. The molecule has 24 heavy (non-hydrogen) atoms. The summed E-state index contributed by atoms with van der Waals surface area (Å²) in [6.45, 7) is 0. The van der Waals surface area contributed by atoms with Crippen molar-refractivity contribution in [1.29, 1.82) is 0 Å². The molecule has 128 valence electrons. The number of carbonyl (C=O) groups excluding carboxylic acids is 1. The number of halogens is 5. The van der Waals surface area contributed by atoms with Crippen LogP contribution in [0.3, 0.4) is 0 Å². The average molecular weight is 380 g/mol. The molecule has 2 aromatic rings. The molecule has 0 radical (unpaired) electrons. The largest absolute Gasteiger partial charge is 0.495 e. The molecule has 1 heterocycles. The van der Waals surface area contributed by atoms with Gasteiger partial charge in [-0.05, 0) is 12.1 Å². The van der Waals surface area contributed by atoms with Crippen molar-refractivity contribution in [2.24, 2.45) is 0 Å². The van der Waals surface area contributed by atoms with Gasteiger partial charge in [-0.3, -0.25) is 0 Å². The van der Waals surface area contributed by atoms with E-state index in [9.17, 15) is 18.0 Å². The van der Waals surface area contributed by atoms with E-state index in [-0.39, 0.29) is 32.7 Å². The molecular formula is C15H10Cl2F3NO3. The van der Waals surface area contributed by atoms with Crippen LogP contribution in [0.15, 0.2) is 24.3 Å². The molecular weight excluding hydrogens is 370 g/mol. The van der Waals surface area contributed by atoms with Gasteiger partial charge >= 0.3 is 12.1 Å². The van der Waals surface area contributed by atoms with Crippen molar-refractivity contribution in [3.05, 3.63) is 45.6 Å². The van der Waals surface area contributed by atoms with Crippen LogP contribution in [0.5, 0.6) is 5.75 Å². The fourth-order valence-corrected chi connectivity index (χ4v) is 2.45. The topological polar surface area (TPSA) is 48.4 Å². The third-order valence-corrected chi connectivity index (χ3v) is 3.77. The van der Waals surface area contributed by atoms with E-state index in [1.165, 1.54) is 13.2 Å². The summed E-state index contributed by atoms with van der Waals surface area (Å²) in [4.78, 5) is 15.8. The van der Waals surface area contributed by atoms with Crippen molar-refractivity contribution in [1.82, 2.24) is 4.98 Å². The van der Waals surface area contributed by atoms with E-state index in [0.29, 0.717) is 0 Å². The number of alkyl halides is 3. The summed E-state index contributed by atoms with van der Waals surface area (Å²) in [5.41, 5.74) is -0.824. The lowest BCUT2D eigenvalue weighted by molar-refractivity contribution is -0.137. The van der Waals surface area contributed by atoms with Crippen molar-refractivity contribution < 1.29 is 27.4 Å². The maximum absolute atomic E-state index is 12.7. The molecule has 0 aliphatic heterocycles. The van der Waals surface area contributed by atoms with Crippen molar-refractivity contribution >= 4 is 29.2 Å². The summed E-state index contributed by atoms with van der Waals surface area (Å²) >= 11 is 11.9. The van der Waals surface area contributed by atoms with Crippen LogP contribution in [0.2, 0.25) is 10.0 Å². The summed E-state index contributed by atoms with van der Waals surface area (Å²) in [5.74, 6) is -0.707. The van der Waals surface area contributed by atoms with Gasteiger partial charge in [-0.25, -0.2) is 9.78 Å². The number of rotatable bonds is 3. The SMILES string of the molecule is COC(=O)c1nc(-c2ccc(C(F)(F)F)cc2Cl)cc(OC)c1Cl. The molecule has 0 N–H and O–H groups in total. The summed E-state index contributed by atoms with van der Waals surface area (Å²) < 4.78 is 47.8. The van der Waals surface area contributed by atoms with Crippen molar-refractivity contribution in [2.45, 2.75) is 6.18 Å². The summed E-state index contributed by atoms with van der Waals surface area (Å²) in [6.07, 6.45) is -4.52. The third-order valence-electron chi connectivity index (χ3n) is 3.10. The number of aromatic nitrogens is 1. The zero-order valence-corrected chi connectivity index (χ0v) is 13.9. The van der Waals surface area contributed by atoms with Gasteiger partial charge in [0.2, 0.25) is 0 Å². The first-order chi connectivity index (χ1) is 11.2. The summed E-state index contributed by atoms with van der Waals surface area (Å²) in [5, 5.41) is -0.256. The normalized spacial score (nSPS) is 11.3. The van der Waals surface area contributed by atoms with Gasteiger partial charge in [0.05, 0.1) is 30.5 Å². The number of pyridine rings is 1. The molecule has 0 unspecified atom stereocenters. The molecule has 0 saturated carbocycles. The van der Waals surface area contributed by atoms with Crippen LogP contribution < -0.4 is 4.74 Å². The zero-order chi connectivity index (χ0) is 18.1. The van der Waals surface area contributed by atoms with Gasteiger partial charge in [0.15, 0.2) is 5.69 Å². The van der Waals surface area contributed by atoms with Gasteiger partial charge < -0.3 is 9.47 Å². The number of methoxy groups -OCH3 is 2. The van der Waals surface area contributed by atoms with Crippen LogP contribution in [0.25, 0.3) is 11.3 Å². The number of carbonyl (C=O) groups is 1. The van der Waals surface area contributed by atoms with Crippen LogP contribution in [0.4, 0.5) is 13.2 Å². The lowest BCUT2D eigenvalue weighted by Gasteiger charge is -2.13. The number of nitrogens with zero attached hydrogens (tertiary/aromatic N) is 1. The minimum atomic E-state index is -4.52. The second-order valence-corrected chi connectivity index (χ2v) is 5.34. The molecule has 0 spiro atoms. The number of hydrogen-bond acceptors (Lipinski definition) is 4. The van der Waals surface area contributed by atoms with E-state index in [1.54, 1.807) is 0 Å². The Morgan fingerprint density at radius 1 is 1.17 bits per heavy atom. The van der Waals surface area contributed by atoms with Crippen LogP contribution in [-0.2, 0) is 10.9 Å². The molecule has 1 aromatic heterocycles. The first-order valence-corrected chi connectivity index (χ1v) is 7.14. The highest BCUT2D eigenvalue weighted by atomic mass is 35.5. The van der Waals surface area contributed by atoms with E-state index in [0.717, 1.165) is 25.3 Å². The van der Waals surface area contributed by atoms with Crippen LogP contribution in [-0.4, -0.2) is 25.2 Å². The van der Waals surface area contributed by atoms with Gasteiger partial charge in [0.25, 0.3) is 0 Å². The molecule has 4 nitrogen and oxygen atoms in total. The van der Waals surface area contributed by atoms with Gasteiger partial charge in [0, 0.05) is 11.6 Å². The number of esters is 1. The molecule has 0 bridgehead atoms. The lowest BCUT2D eigenvalue weighted by atomic mass is 10.1. The Kier molecular flexibility index (Phi) is 5.25. The lowest BCUT2D eigenvalue weighted by Crippen LogP contribution is -2.08. The minimum absolute atomic E-state index is 0.0730. The Hall–Kier alpha value is -1.99. The predicted octanol–water partition coefficient (Wildman–Crippen LogP) is 4.87. The number of ether oxygens (including phenoxy) is 2. The second kappa shape index (κ2) is 6.86. The monoisotopic (exact) mass is 379 g/mol. The van der Waals surface area contributed by atoms with Gasteiger partial charge in [-0.2, -0.15) is 13.2 Å². The summed E-state index contributed by atoms with van der Waals surface area (Å²) in [7, 11) is 2.46. The highest BCUT2D eigenvalue weighted by molar-refractivity contribution is 6.35. The van der Waals surface area contributed by atoms with E-state index in [4.69, 9.17) is 27.9 Å². The number of hydrogen-bond donors (Lipinski definition) is 0. The molecule has 0 atom stereocenters. The second-order valence-electron chi connectivity index (χ2n) is 4.56.